The number of nitrogens with zero attached hydrogens (tertiary/aromatic N) is 2. The lowest BCUT2D eigenvalue weighted by Crippen LogP contribution is -2.55. The molecule has 3 aromatic rings. The molecule has 0 aliphatic rings. The Morgan fingerprint density at radius 3 is 2.17 bits per heavy atom. The van der Waals surface area contributed by atoms with Gasteiger partial charge in [0, 0.05) is 12.1 Å². The van der Waals surface area contributed by atoms with Crippen LogP contribution >= 0.6 is 0 Å². The van der Waals surface area contributed by atoms with E-state index in [9.17, 15) is 18.0 Å². The van der Waals surface area contributed by atoms with Crippen LogP contribution in [-0.2, 0) is 26.2 Å². The van der Waals surface area contributed by atoms with Crippen LogP contribution in [0, 0.1) is 13.8 Å². The molecule has 2 amide bonds. The van der Waals surface area contributed by atoms with Gasteiger partial charge in [-0.15, -0.1) is 0 Å². The Bertz CT molecular complexity index is 1480. The van der Waals surface area contributed by atoms with Gasteiger partial charge in [0.05, 0.1) is 17.2 Å². The van der Waals surface area contributed by atoms with Crippen LogP contribution in [0.5, 0.6) is 5.75 Å². The van der Waals surface area contributed by atoms with Gasteiger partial charge in [0.1, 0.15) is 18.3 Å². The summed E-state index contributed by atoms with van der Waals surface area (Å²) >= 11 is 0. The Hall–Kier alpha value is -3.85. The van der Waals surface area contributed by atoms with Crippen LogP contribution in [0.1, 0.15) is 57.7 Å². The number of amides is 2. The van der Waals surface area contributed by atoms with E-state index < -0.39 is 34.1 Å². The largest absolute Gasteiger partial charge is 0.492 e. The third-order valence-corrected chi connectivity index (χ3v) is 8.42. The number of rotatable bonds is 12. The second-order valence-corrected chi connectivity index (χ2v) is 13.3. The first-order chi connectivity index (χ1) is 19.8. The molecule has 0 aliphatic heterocycles. The van der Waals surface area contributed by atoms with Gasteiger partial charge in [0.25, 0.3) is 10.0 Å². The van der Waals surface area contributed by atoms with Crippen molar-refractivity contribution in [1.29, 1.82) is 0 Å². The van der Waals surface area contributed by atoms with E-state index in [1.165, 1.54) is 17.0 Å². The number of sulfonamides is 1. The van der Waals surface area contributed by atoms with Crippen molar-refractivity contribution < 1.29 is 22.7 Å². The maximum atomic E-state index is 14.3. The summed E-state index contributed by atoms with van der Waals surface area (Å²) in [5.74, 6) is -0.464. The number of carbonyl (C=O) groups is 2. The first kappa shape index (κ1) is 32.7. The van der Waals surface area contributed by atoms with Crippen molar-refractivity contribution in [1.82, 2.24) is 10.2 Å². The fraction of sp³-hybridized carbons (Fsp3) is 0.394. The van der Waals surface area contributed by atoms with Crippen molar-refractivity contribution in [2.45, 2.75) is 77.9 Å². The Balaban J connectivity index is 2.13. The number of anilines is 1. The van der Waals surface area contributed by atoms with Crippen LogP contribution in [0.4, 0.5) is 5.69 Å². The van der Waals surface area contributed by atoms with E-state index in [1.807, 2.05) is 72.7 Å². The number of nitrogens with one attached hydrogen (secondary N) is 1. The number of ether oxygens (including phenoxy) is 1. The molecular weight excluding hydrogens is 550 g/mol. The van der Waals surface area contributed by atoms with E-state index in [1.54, 1.807) is 36.4 Å². The molecule has 3 aromatic carbocycles. The molecule has 0 heterocycles. The number of hydrogen-bond acceptors (Lipinski definition) is 5. The molecular formula is C33H43N3O5S. The van der Waals surface area contributed by atoms with Crippen molar-refractivity contribution in [3.63, 3.8) is 0 Å². The van der Waals surface area contributed by atoms with Crippen molar-refractivity contribution in [3.8, 4) is 5.75 Å². The summed E-state index contributed by atoms with van der Waals surface area (Å²) < 4.78 is 35.2. The van der Waals surface area contributed by atoms with Crippen LogP contribution in [0.25, 0.3) is 0 Å². The molecule has 0 aromatic heterocycles. The van der Waals surface area contributed by atoms with Gasteiger partial charge < -0.3 is 15.0 Å². The number of hydrogen-bond donors (Lipinski definition) is 1. The van der Waals surface area contributed by atoms with Gasteiger partial charge in [-0.3, -0.25) is 13.9 Å². The van der Waals surface area contributed by atoms with Crippen LogP contribution in [0.3, 0.4) is 0 Å². The first-order valence-electron chi connectivity index (χ1n) is 14.2. The molecule has 1 N–H and O–H groups in total. The molecule has 0 spiro atoms. The molecule has 3 rings (SSSR count). The quantitative estimate of drug-likeness (QED) is 0.294. The third-order valence-electron chi connectivity index (χ3n) is 6.64. The summed E-state index contributed by atoms with van der Waals surface area (Å²) in [7, 11) is -4.20. The van der Waals surface area contributed by atoms with Crippen LogP contribution in [0.2, 0.25) is 0 Å². The minimum atomic E-state index is -4.20. The van der Waals surface area contributed by atoms with Gasteiger partial charge >= 0.3 is 0 Å². The fourth-order valence-corrected chi connectivity index (χ4v) is 6.10. The molecule has 0 saturated heterocycles. The predicted octanol–water partition coefficient (Wildman–Crippen LogP) is 5.62. The standard InChI is InChI=1S/C33H43N3O5S/c1-8-28(32(38)34-33(5,6)7)35(22-26-14-12-13-25(4)21-26)31(37)23-36(29-15-10-11-16-30(29)41-9-2)42(39,40)27-19-17-24(3)18-20-27/h10-21,28H,8-9,22-23H2,1-7H3,(H,34,38)/t28-/m0/s1. The number of benzene rings is 3. The smallest absolute Gasteiger partial charge is 0.264 e. The van der Waals surface area contributed by atoms with Gasteiger partial charge in [-0.05, 0) is 77.8 Å². The van der Waals surface area contributed by atoms with Crippen LogP contribution < -0.4 is 14.4 Å². The molecule has 0 saturated carbocycles. The van der Waals surface area contributed by atoms with Crippen molar-refractivity contribution in [3.05, 3.63) is 89.5 Å². The highest BCUT2D eigenvalue weighted by Crippen LogP contribution is 2.33. The second-order valence-electron chi connectivity index (χ2n) is 11.4. The van der Waals surface area contributed by atoms with E-state index in [4.69, 9.17) is 4.74 Å². The van der Waals surface area contributed by atoms with Gasteiger partial charge in [0.2, 0.25) is 11.8 Å². The molecule has 0 bridgehead atoms. The Morgan fingerprint density at radius 2 is 1.57 bits per heavy atom. The second kappa shape index (κ2) is 13.9. The van der Waals surface area contributed by atoms with E-state index in [0.29, 0.717) is 18.8 Å². The van der Waals surface area contributed by atoms with Crippen molar-refractivity contribution >= 4 is 27.5 Å². The monoisotopic (exact) mass is 593 g/mol. The summed E-state index contributed by atoms with van der Waals surface area (Å²) in [6, 6.07) is 20.1. The Morgan fingerprint density at radius 1 is 0.905 bits per heavy atom. The van der Waals surface area contributed by atoms with E-state index in [2.05, 4.69) is 5.32 Å². The zero-order valence-corrected chi connectivity index (χ0v) is 26.5. The number of para-hydroxylation sites is 2. The lowest BCUT2D eigenvalue weighted by molar-refractivity contribution is -0.141. The highest BCUT2D eigenvalue weighted by atomic mass is 32.2. The highest BCUT2D eigenvalue weighted by Gasteiger charge is 2.35. The molecule has 9 heteroatoms. The number of aryl methyl sites for hydroxylation is 2. The molecule has 0 fully saturated rings. The minimum Gasteiger partial charge on any atom is -0.492 e. The van der Waals surface area contributed by atoms with Crippen LogP contribution in [0.15, 0.2) is 77.7 Å². The maximum absolute atomic E-state index is 14.3. The minimum absolute atomic E-state index is 0.0509. The van der Waals surface area contributed by atoms with Gasteiger partial charge in [-0.2, -0.15) is 0 Å². The molecule has 226 valence electrons. The average Bonchev–Trinajstić information content (AvgIpc) is 2.91. The molecule has 0 aliphatic carbocycles. The molecule has 0 unspecified atom stereocenters. The molecule has 0 radical (unpaired) electrons. The van der Waals surface area contributed by atoms with Crippen molar-refractivity contribution in [2.24, 2.45) is 0 Å². The topological polar surface area (TPSA) is 96.0 Å². The highest BCUT2D eigenvalue weighted by molar-refractivity contribution is 7.92. The normalized spacial score (nSPS) is 12.4. The Labute approximate surface area is 250 Å². The average molecular weight is 594 g/mol. The lowest BCUT2D eigenvalue weighted by atomic mass is 10.0. The van der Waals surface area contributed by atoms with E-state index in [0.717, 1.165) is 21.0 Å². The molecule has 1 atom stereocenters. The van der Waals surface area contributed by atoms with E-state index >= 15 is 0 Å². The Kier molecular flexibility index (Phi) is 10.8. The predicted molar refractivity (Wildman–Crippen MR) is 167 cm³/mol. The van der Waals surface area contributed by atoms with E-state index in [-0.39, 0.29) is 23.0 Å². The first-order valence-corrected chi connectivity index (χ1v) is 15.7. The lowest BCUT2D eigenvalue weighted by Gasteiger charge is -2.35. The zero-order valence-electron chi connectivity index (χ0n) is 25.7. The van der Waals surface area contributed by atoms with Crippen molar-refractivity contribution in [2.75, 3.05) is 17.5 Å². The molecule has 8 nitrogen and oxygen atoms in total. The summed E-state index contributed by atoms with van der Waals surface area (Å²) in [6.45, 7) is 13.1. The van der Waals surface area contributed by atoms with Gasteiger partial charge in [-0.25, -0.2) is 8.42 Å². The van der Waals surface area contributed by atoms with Gasteiger partial charge in [-0.1, -0.05) is 66.6 Å². The third kappa shape index (κ3) is 8.35. The van der Waals surface area contributed by atoms with Gasteiger partial charge in [0.15, 0.2) is 0 Å². The SMILES string of the molecule is CCOc1ccccc1N(CC(=O)N(Cc1cccc(C)c1)[C@@H](CC)C(=O)NC(C)(C)C)S(=O)(=O)c1ccc(C)cc1. The van der Waals surface area contributed by atoms with Crippen LogP contribution in [-0.4, -0.2) is 49.9 Å². The summed E-state index contributed by atoms with van der Waals surface area (Å²) in [4.78, 5) is 29.3. The summed E-state index contributed by atoms with van der Waals surface area (Å²) in [5.41, 5.74) is 2.50. The fourth-order valence-electron chi connectivity index (χ4n) is 4.67. The summed E-state index contributed by atoms with van der Waals surface area (Å²) in [5, 5.41) is 2.99. The number of carbonyl (C=O) groups excluding carboxylic acids is 2. The maximum Gasteiger partial charge on any atom is 0.264 e. The zero-order chi connectivity index (χ0) is 31.1. The molecule has 42 heavy (non-hydrogen) atoms. The summed E-state index contributed by atoms with van der Waals surface area (Å²) in [6.07, 6.45) is 0.347.